The van der Waals surface area contributed by atoms with Crippen LogP contribution in [0.2, 0.25) is 0 Å². The van der Waals surface area contributed by atoms with E-state index in [1.54, 1.807) is 22.9 Å². The van der Waals surface area contributed by atoms with Gasteiger partial charge in [0, 0.05) is 56.9 Å². The molecule has 3 aromatic heterocycles. The van der Waals surface area contributed by atoms with Crippen molar-refractivity contribution in [1.29, 1.82) is 0 Å². The van der Waals surface area contributed by atoms with Crippen molar-refractivity contribution in [3.8, 4) is 0 Å². The van der Waals surface area contributed by atoms with E-state index in [0.717, 1.165) is 36.5 Å². The molecule has 0 spiro atoms. The van der Waals surface area contributed by atoms with Crippen LogP contribution < -0.4 is 10.9 Å². The predicted molar refractivity (Wildman–Crippen MR) is 104 cm³/mol. The Labute approximate surface area is 158 Å². The van der Waals surface area contributed by atoms with Gasteiger partial charge in [-0.1, -0.05) is 12.1 Å². The lowest BCUT2D eigenvalue weighted by Crippen LogP contribution is -2.45. The number of hydrogen-bond acceptors (Lipinski definition) is 5. The first-order chi connectivity index (χ1) is 12.2. The van der Waals surface area contributed by atoms with Gasteiger partial charge < -0.3 is 5.32 Å². The highest BCUT2D eigenvalue weighted by Crippen LogP contribution is 2.23. The summed E-state index contributed by atoms with van der Waals surface area (Å²) in [6, 6.07) is 9.81. The van der Waals surface area contributed by atoms with Crippen LogP contribution in [0.3, 0.4) is 0 Å². The molecule has 1 atom stereocenters. The van der Waals surface area contributed by atoms with Crippen LogP contribution in [-0.2, 0) is 6.54 Å². The molecule has 1 N–H and O–H groups in total. The number of piperazine rings is 1. The van der Waals surface area contributed by atoms with Crippen LogP contribution in [0, 0.1) is 6.92 Å². The molecule has 0 saturated carbocycles. The molecule has 4 heterocycles. The fraction of sp³-hybridized carbons (Fsp3) is 0.316. The topological polar surface area (TPSA) is 62.5 Å². The molecule has 6 nitrogen and oxygen atoms in total. The van der Waals surface area contributed by atoms with E-state index >= 15 is 0 Å². The quantitative estimate of drug-likeness (QED) is 0.762. The zero-order valence-electron chi connectivity index (χ0n) is 14.6. The first-order valence-corrected chi connectivity index (χ1v) is 8.55. The fourth-order valence-corrected chi connectivity index (χ4v) is 3.44. The van der Waals surface area contributed by atoms with Crippen molar-refractivity contribution in [3.05, 3.63) is 76.1 Å². The second-order valence-corrected chi connectivity index (χ2v) is 6.45. The van der Waals surface area contributed by atoms with Crippen LogP contribution in [0.15, 0.2) is 53.7 Å². The number of nitrogens with zero attached hydrogens (tertiary/aromatic N) is 4. The van der Waals surface area contributed by atoms with Crippen LogP contribution in [-0.4, -0.2) is 38.9 Å². The summed E-state index contributed by atoms with van der Waals surface area (Å²) in [6.45, 7) is 5.35. The third-order valence-corrected chi connectivity index (χ3v) is 4.73. The largest absolute Gasteiger partial charge is 0.314 e. The maximum Gasteiger partial charge on any atom is 0.258 e. The Balaban J connectivity index is 0.00000196. The monoisotopic (exact) mass is 371 g/mol. The molecule has 1 saturated heterocycles. The summed E-state index contributed by atoms with van der Waals surface area (Å²) in [6.07, 6.45) is 5.47. The molecular formula is C19H22ClN5O. The maximum absolute atomic E-state index is 12.4. The number of hydrogen-bond donors (Lipinski definition) is 1. The van der Waals surface area contributed by atoms with E-state index in [4.69, 9.17) is 4.98 Å². The molecule has 0 bridgehead atoms. The number of nitrogens with one attached hydrogen (secondary N) is 1. The minimum atomic E-state index is -0.0308. The molecule has 1 aliphatic rings. The van der Waals surface area contributed by atoms with Crippen LogP contribution in [0.25, 0.3) is 5.65 Å². The molecule has 0 radical (unpaired) electrons. The Morgan fingerprint density at radius 3 is 3.00 bits per heavy atom. The maximum atomic E-state index is 12.4. The molecule has 26 heavy (non-hydrogen) atoms. The normalized spacial score (nSPS) is 17.8. The van der Waals surface area contributed by atoms with Crippen molar-refractivity contribution in [2.75, 3.05) is 19.6 Å². The number of fused-ring (bicyclic) bond motifs is 1. The summed E-state index contributed by atoms with van der Waals surface area (Å²) in [4.78, 5) is 23.8. The molecule has 7 heteroatoms. The van der Waals surface area contributed by atoms with Crippen LogP contribution >= 0.6 is 12.4 Å². The summed E-state index contributed by atoms with van der Waals surface area (Å²) in [7, 11) is 0. The van der Waals surface area contributed by atoms with Gasteiger partial charge in [0.1, 0.15) is 5.65 Å². The van der Waals surface area contributed by atoms with Gasteiger partial charge in [0.2, 0.25) is 0 Å². The number of halogens is 1. The highest BCUT2D eigenvalue weighted by Gasteiger charge is 2.24. The average molecular weight is 372 g/mol. The van der Waals surface area contributed by atoms with Crippen LogP contribution in [0.1, 0.15) is 22.9 Å². The molecule has 0 aromatic carbocycles. The lowest BCUT2D eigenvalue weighted by Gasteiger charge is -2.36. The number of aromatic nitrogens is 3. The average Bonchev–Trinajstić information content (AvgIpc) is 2.64. The Kier molecular flexibility index (Phi) is 5.66. The van der Waals surface area contributed by atoms with Crippen molar-refractivity contribution in [2.24, 2.45) is 0 Å². The van der Waals surface area contributed by atoms with Gasteiger partial charge in [0.15, 0.2) is 0 Å². The van der Waals surface area contributed by atoms with Gasteiger partial charge >= 0.3 is 0 Å². The van der Waals surface area contributed by atoms with Gasteiger partial charge in [-0.25, -0.2) is 4.98 Å². The highest BCUT2D eigenvalue weighted by molar-refractivity contribution is 5.85. The van der Waals surface area contributed by atoms with Crippen molar-refractivity contribution < 1.29 is 0 Å². The molecule has 1 aliphatic heterocycles. The minimum absolute atomic E-state index is 0. The summed E-state index contributed by atoms with van der Waals surface area (Å²) in [5.41, 5.74) is 3.71. The number of rotatable bonds is 3. The summed E-state index contributed by atoms with van der Waals surface area (Å²) in [5.74, 6) is 0. The summed E-state index contributed by atoms with van der Waals surface area (Å²) < 4.78 is 1.61. The van der Waals surface area contributed by atoms with Crippen molar-refractivity contribution in [3.63, 3.8) is 0 Å². The minimum Gasteiger partial charge on any atom is -0.314 e. The zero-order valence-corrected chi connectivity index (χ0v) is 15.4. The Hall–Kier alpha value is -2.28. The lowest BCUT2D eigenvalue weighted by molar-refractivity contribution is 0.151. The first kappa shape index (κ1) is 18.5. The SMILES string of the molecule is Cc1cccn2c(=O)cc(CN3CCNCC3c3cccnc3)nc12.Cl. The van der Waals surface area contributed by atoms with Crippen LogP contribution in [0.4, 0.5) is 0 Å². The van der Waals surface area contributed by atoms with Crippen LogP contribution in [0.5, 0.6) is 0 Å². The number of aryl methyl sites for hydroxylation is 1. The van der Waals surface area contributed by atoms with Gasteiger partial charge in [-0.15, -0.1) is 12.4 Å². The standard InChI is InChI=1S/C19H21N5O.ClH/c1-14-4-3-8-24-18(25)10-16(22-19(14)24)13-23-9-7-21-12-17(23)15-5-2-6-20-11-15;/h2-6,8,10-11,17,21H,7,9,12-13H2,1H3;1H. The second kappa shape index (κ2) is 7.95. The van der Waals surface area contributed by atoms with E-state index in [1.165, 1.54) is 5.56 Å². The molecule has 0 aliphatic carbocycles. The van der Waals surface area contributed by atoms with Gasteiger partial charge in [-0.3, -0.25) is 19.1 Å². The van der Waals surface area contributed by atoms with E-state index < -0.39 is 0 Å². The van der Waals surface area contributed by atoms with Gasteiger partial charge in [-0.05, 0) is 30.2 Å². The van der Waals surface area contributed by atoms with Crippen molar-refractivity contribution in [2.45, 2.75) is 19.5 Å². The van der Waals surface area contributed by atoms with E-state index in [9.17, 15) is 4.79 Å². The Morgan fingerprint density at radius 2 is 2.19 bits per heavy atom. The van der Waals surface area contributed by atoms with Crippen molar-refractivity contribution in [1.82, 2.24) is 24.6 Å². The smallest absolute Gasteiger partial charge is 0.258 e. The van der Waals surface area contributed by atoms with E-state index in [-0.39, 0.29) is 24.0 Å². The van der Waals surface area contributed by atoms with Gasteiger partial charge in [0.05, 0.1) is 5.69 Å². The van der Waals surface area contributed by atoms with Gasteiger partial charge in [-0.2, -0.15) is 0 Å². The molecule has 1 unspecified atom stereocenters. The molecule has 136 valence electrons. The second-order valence-electron chi connectivity index (χ2n) is 6.45. The Morgan fingerprint density at radius 1 is 1.31 bits per heavy atom. The molecule has 4 rings (SSSR count). The fourth-order valence-electron chi connectivity index (χ4n) is 3.44. The van der Waals surface area contributed by atoms with E-state index in [1.807, 2.05) is 31.3 Å². The summed E-state index contributed by atoms with van der Waals surface area (Å²) >= 11 is 0. The third-order valence-electron chi connectivity index (χ3n) is 4.73. The molecule has 0 amide bonds. The Bertz CT molecular complexity index is 944. The van der Waals surface area contributed by atoms with Gasteiger partial charge in [0.25, 0.3) is 5.56 Å². The summed E-state index contributed by atoms with van der Waals surface area (Å²) in [5, 5.41) is 3.44. The third kappa shape index (κ3) is 3.62. The molecular weight excluding hydrogens is 350 g/mol. The van der Waals surface area contributed by atoms with E-state index in [0.29, 0.717) is 6.54 Å². The highest BCUT2D eigenvalue weighted by atomic mass is 35.5. The predicted octanol–water partition coefficient (Wildman–Crippen LogP) is 1.97. The zero-order chi connectivity index (χ0) is 17.2. The molecule has 3 aromatic rings. The van der Waals surface area contributed by atoms with E-state index in [2.05, 4.69) is 21.3 Å². The lowest BCUT2D eigenvalue weighted by atomic mass is 10.1. The number of pyridine rings is 2. The van der Waals surface area contributed by atoms with Crippen molar-refractivity contribution >= 4 is 18.1 Å². The first-order valence-electron chi connectivity index (χ1n) is 8.55. The molecule has 1 fully saturated rings.